The SMILES string of the molecule is COC(=O)CCNc1cc(C(F)(F)F)cc(Cl)n1. The first-order chi connectivity index (χ1) is 8.32. The zero-order valence-corrected chi connectivity index (χ0v) is 10.1. The zero-order chi connectivity index (χ0) is 13.8. The third kappa shape index (κ3) is 4.40. The second-order valence-corrected chi connectivity index (χ2v) is 3.70. The van der Waals surface area contributed by atoms with E-state index in [-0.39, 0.29) is 23.9 Å². The van der Waals surface area contributed by atoms with E-state index in [9.17, 15) is 18.0 Å². The molecule has 0 spiro atoms. The van der Waals surface area contributed by atoms with Gasteiger partial charge in [0.05, 0.1) is 19.1 Å². The van der Waals surface area contributed by atoms with E-state index in [1.165, 1.54) is 7.11 Å². The lowest BCUT2D eigenvalue weighted by Crippen LogP contribution is -2.12. The smallest absolute Gasteiger partial charge is 0.416 e. The van der Waals surface area contributed by atoms with Crippen LogP contribution in [0.25, 0.3) is 0 Å². The van der Waals surface area contributed by atoms with Crippen LogP contribution in [0.2, 0.25) is 5.15 Å². The number of carbonyl (C=O) groups excluding carboxylic acids is 1. The molecule has 1 heterocycles. The number of esters is 1. The minimum Gasteiger partial charge on any atom is -0.469 e. The lowest BCUT2D eigenvalue weighted by atomic mass is 10.2. The van der Waals surface area contributed by atoms with Crippen molar-refractivity contribution in [2.45, 2.75) is 12.6 Å². The molecule has 1 aromatic rings. The van der Waals surface area contributed by atoms with Crippen LogP contribution in [0, 0.1) is 0 Å². The van der Waals surface area contributed by atoms with Crippen LogP contribution in [0.1, 0.15) is 12.0 Å². The summed E-state index contributed by atoms with van der Waals surface area (Å²) < 4.78 is 41.8. The first-order valence-electron chi connectivity index (χ1n) is 4.88. The fraction of sp³-hybridized carbons (Fsp3) is 0.400. The van der Waals surface area contributed by atoms with Gasteiger partial charge in [-0.3, -0.25) is 4.79 Å². The number of nitrogens with zero attached hydrogens (tertiary/aromatic N) is 1. The molecule has 0 unspecified atom stereocenters. The first kappa shape index (κ1) is 14.6. The van der Waals surface area contributed by atoms with Crippen molar-refractivity contribution in [2.75, 3.05) is 19.0 Å². The van der Waals surface area contributed by atoms with Crippen molar-refractivity contribution in [1.82, 2.24) is 4.98 Å². The Hall–Kier alpha value is -1.50. The molecule has 4 nitrogen and oxygen atoms in total. The van der Waals surface area contributed by atoms with Crippen molar-refractivity contribution in [1.29, 1.82) is 0 Å². The Kier molecular flexibility index (Phi) is 4.77. The van der Waals surface area contributed by atoms with Crippen molar-refractivity contribution in [3.63, 3.8) is 0 Å². The van der Waals surface area contributed by atoms with Crippen molar-refractivity contribution in [3.8, 4) is 0 Å². The average Bonchev–Trinajstić information content (AvgIpc) is 2.27. The molecule has 1 aromatic heterocycles. The molecule has 0 aliphatic rings. The maximum absolute atomic E-state index is 12.5. The molecule has 0 saturated carbocycles. The minimum absolute atomic E-state index is 0.0199. The molecule has 0 bridgehead atoms. The van der Waals surface area contributed by atoms with Gasteiger partial charge in [-0.05, 0) is 12.1 Å². The molecule has 1 N–H and O–H groups in total. The van der Waals surface area contributed by atoms with Crippen LogP contribution in [-0.4, -0.2) is 24.6 Å². The van der Waals surface area contributed by atoms with Gasteiger partial charge in [-0.25, -0.2) is 4.98 Å². The highest BCUT2D eigenvalue weighted by Gasteiger charge is 2.31. The predicted octanol–water partition coefficient (Wildman–Crippen LogP) is 2.73. The van der Waals surface area contributed by atoms with Crippen LogP contribution >= 0.6 is 11.6 Å². The fourth-order valence-corrected chi connectivity index (χ4v) is 1.35. The Labute approximate surface area is 106 Å². The number of anilines is 1. The summed E-state index contributed by atoms with van der Waals surface area (Å²) >= 11 is 5.48. The number of methoxy groups -OCH3 is 1. The standard InChI is InChI=1S/C10H10ClF3N2O2/c1-18-9(17)2-3-15-8-5-6(10(12,13)14)4-7(11)16-8/h4-5H,2-3H2,1H3,(H,15,16). The Morgan fingerprint density at radius 2 is 2.17 bits per heavy atom. The Morgan fingerprint density at radius 3 is 2.72 bits per heavy atom. The lowest BCUT2D eigenvalue weighted by molar-refractivity contribution is -0.140. The molecule has 18 heavy (non-hydrogen) atoms. The van der Waals surface area contributed by atoms with Gasteiger partial charge in [-0.2, -0.15) is 13.2 Å². The molecule has 1 rings (SSSR count). The number of halogens is 4. The van der Waals surface area contributed by atoms with Crippen LogP contribution in [0.15, 0.2) is 12.1 Å². The monoisotopic (exact) mass is 282 g/mol. The molecule has 0 aliphatic heterocycles. The highest BCUT2D eigenvalue weighted by molar-refractivity contribution is 6.29. The molecule has 0 radical (unpaired) electrons. The van der Waals surface area contributed by atoms with E-state index in [2.05, 4.69) is 15.0 Å². The van der Waals surface area contributed by atoms with Crippen molar-refractivity contribution in [3.05, 3.63) is 22.8 Å². The van der Waals surface area contributed by atoms with Crippen LogP contribution < -0.4 is 5.32 Å². The molecule has 0 fully saturated rings. The molecule has 8 heteroatoms. The molecule has 0 aliphatic carbocycles. The van der Waals surface area contributed by atoms with Gasteiger partial charge in [0.25, 0.3) is 0 Å². The number of nitrogens with one attached hydrogen (secondary N) is 1. The van der Waals surface area contributed by atoms with Gasteiger partial charge < -0.3 is 10.1 Å². The van der Waals surface area contributed by atoms with Crippen molar-refractivity contribution < 1.29 is 22.7 Å². The van der Waals surface area contributed by atoms with E-state index in [4.69, 9.17) is 11.6 Å². The molecular formula is C10H10ClF3N2O2. The summed E-state index contributed by atoms with van der Waals surface area (Å²) in [6, 6.07) is 1.55. The van der Waals surface area contributed by atoms with Gasteiger partial charge in [-0.15, -0.1) is 0 Å². The molecular weight excluding hydrogens is 273 g/mol. The number of hydrogen-bond donors (Lipinski definition) is 1. The molecule has 0 saturated heterocycles. The summed E-state index contributed by atoms with van der Waals surface area (Å²) in [5.74, 6) is -0.515. The number of aromatic nitrogens is 1. The average molecular weight is 283 g/mol. The lowest BCUT2D eigenvalue weighted by Gasteiger charge is -2.10. The van der Waals surface area contributed by atoms with Crippen LogP contribution in [0.3, 0.4) is 0 Å². The summed E-state index contributed by atoms with van der Waals surface area (Å²) in [6.45, 7) is 0.108. The highest BCUT2D eigenvalue weighted by atomic mass is 35.5. The zero-order valence-electron chi connectivity index (χ0n) is 9.34. The Bertz CT molecular complexity index is 438. The minimum atomic E-state index is -4.49. The van der Waals surface area contributed by atoms with Crippen molar-refractivity contribution >= 4 is 23.4 Å². The summed E-state index contributed by atoms with van der Waals surface area (Å²) in [4.78, 5) is 14.5. The molecule has 0 atom stereocenters. The van der Waals surface area contributed by atoms with Gasteiger partial charge >= 0.3 is 12.1 Å². The van der Waals surface area contributed by atoms with E-state index in [0.29, 0.717) is 0 Å². The van der Waals surface area contributed by atoms with Crippen molar-refractivity contribution in [2.24, 2.45) is 0 Å². The number of carbonyl (C=O) groups is 1. The van der Waals surface area contributed by atoms with Crippen LogP contribution in [0.4, 0.5) is 19.0 Å². The normalized spacial score (nSPS) is 11.2. The summed E-state index contributed by atoms with van der Waals surface area (Å²) in [5.41, 5.74) is -0.900. The van der Waals surface area contributed by atoms with Gasteiger partial charge in [0.2, 0.25) is 0 Å². The second kappa shape index (κ2) is 5.90. The fourth-order valence-electron chi connectivity index (χ4n) is 1.15. The maximum atomic E-state index is 12.5. The second-order valence-electron chi connectivity index (χ2n) is 3.31. The van der Waals surface area contributed by atoms with E-state index in [1.54, 1.807) is 0 Å². The van der Waals surface area contributed by atoms with Gasteiger partial charge in [0.1, 0.15) is 11.0 Å². The largest absolute Gasteiger partial charge is 0.469 e. The van der Waals surface area contributed by atoms with E-state index < -0.39 is 17.7 Å². The van der Waals surface area contributed by atoms with E-state index >= 15 is 0 Å². The number of ether oxygens (including phenoxy) is 1. The van der Waals surface area contributed by atoms with E-state index in [1.807, 2.05) is 0 Å². The van der Waals surface area contributed by atoms with Crippen LogP contribution in [-0.2, 0) is 15.7 Å². The van der Waals surface area contributed by atoms with Gasteiger partial charge in [0, 0.05) is 6.54 Å². The highest BCUT2D eigenvalue weighted by Crippen LogP contribution is 2.31. The Balaban J connectivity index is 2.72. The number of rotatable bonds is 4. The molecule has 100 valence electrons. The topological polar surface area (TPSA) is 51.2 Å². The summed E-state index contributed by atoms with van der Waals surface area (Å²) in [6.07, 6.45) is -4.47. The summed E-state index contributed by atoms with van der Waals surface area (Å²) in [5, 5.41) is 2.29. The summed E-state index contributed by atoms with van der Waals surface area (Å²) in [7, 11) is 1.22. The quantitative estimate of drug-likeness (QED) is 0.681. The first-order valence-corrected chi connectivity index (χ1v) is 5.26. The maximum Gasteiger partial charge on any atom is 0.416 e. The van der Waals surface area contributed by atoms with Gasteiger partial charge in [-0.1, -0.05) is 11.6 Å². The number of hydrogen-bond acceptors (Lipinski definition) is 4. The third-order valence-electron chi connectivity index (χ3n) is 1.98. The number of pyridine rings is 1. The Morgan fingerprint density at radius 1 is 1.50 bits per heavy atom. The van der Waals surface area contributed by atoms with E-state index in [0.717, 1.165) is 12.1 Å². The third-order valence-corrected chi connectivity index (χ3v) is 2.18. The van der Waals surface area contributed by atoms with Crippen LogP contribution in [0.5, 0.6) is 0 Å². The number of alkyl halides is 3. The molecule has 0 aromatic carbocycles. The predicted molar refractivity (Wildman–Crippen MR) is 59.4 cm³/mol. The molecule has 0 amide bonds. The van der Waals surface area contributed by atoms with Gasteiger partial charge in [0.15, 0.2) is 0 Å².